The van der Waals surface area contributed by atoms with Crippen molar-refractivity contribution in [2.24, 2.45) is 0 Å². The van der Waals surface area contributed by atoms with E-state index in [1.54, 1.807) is 30.6 Å². The number of benzene rings is 1. The number of aryl methyl sites for hydroxylation is 1. The zero-order valence-corrected chi connectivity index (χ0v) is 12.8. The summed E-state index contributed by atoms with van der Waals surface area (Å²) in [6.07, 6.45) is 4.42. The second-order valence-electron chi connectivity index (χ2n) is 5.38. The number of aromatic carboxylic acids is 1. The van der Waals surface area contributed by atoms with Crippen LogP contribution < -0.4 is 5.32 Å². The minimum atomic E-state index is -0.935. The zero-order valence-electron chi connectivity index (χ0n) is 12.8. The fraction of sp³-hybridized carbons (Fsp3) is 0.167. The van der Waals surface area contributed by atoms with Gasteiger partial charge in [0, 0.05) is 35.7 Å². The molecule has 0 radical (unpaired) electrons. The Morgan fingerprint density at radius 1 is 1.17 bits per heavy atom. The monoisotopic (exact) mass is 307 g/mol. The van der Waals surface area contributed by atoms with Crippen molar-refractivity contribution in [3.63, 3.8) is 0 Å². The maximum absolute atomic E-state index is 11.2. The summed E-state index contributed by atoms with van der Waals surface area (Å²) in [6.45, 7) is 2.68. The molecule has 2 heterocycles. The van der Waals surface area contributed by atoms with Gasteiger partial charge in [0.25, 0.3) is 0 Å². The molecular formula is C18H17N3O2. The van der Waals surface area contributed by atoms with Crippen molar-refractivity contribution >= 4 is 22.6 Å². The van der Waals surface area contributed by atoms with Crippen molar-refractivity contribution in [2.45, 2.75) is 13.3 Å². The molecule has 0 saturated heterocycles. The van der Waals surface area contributed by atoms with Crippen LogP contribution in [0, 0.1) is 6.92 Å². The summed E-state index contributed by atoms with van der Waals surface area (Å²) in [4.78, 5) is 19.6. The maximum atomic E-state index is 11.2. The highest BCUT2D eigenvalue weighted by Gasteiger charge is 2.08. The lowest BCUT2D eigenvalue weighted by Gasteiger charge is -2.11. The topological polar surface area (TPSA) is 75.1 Å². The van der Waals surface area contributed by atoms with Gasteiger partial charge in [-0.15, -0.1) is 0 Å². The van der Waals surface area contributed by atoms with Gasteiger partial charge in [0.1, 0.15) is 0 Å². The van der Waals surface area contributed by atoms with Gasteiger partial charge in [-0.1, -0.05) is 0 Å². The highest BCUT2D eigenvalue weighted by Crippen LogP contribution is 2.24. The van der Waals surface area contributed by atoms with Crippen LogP contribution in [0.15, 0.2) is 48.8 Å². The number of aromatic nitrogens is 2. The van der Waals surface area contributed by atoms with Gasteiger partial charge in [-0.2, -0.15) is 0 Å². The maximum Gasteiger partial charge on any atom is 0.335 e. The van der Waals surface area contributed by atoms with Crippen molar-refractivity contribution in [2.75, 3.05) is 11.9 Å². The Bertz CT molecular complexity index is 848. The van der Waals surface area contributed by atoms with Gasteiger partial charge < -0.3 is 10.4 Å². The van der Waals surface area contributed by atoms with E-state index in [1.165, 1.54) is 5.56 Å². The van der Waals surface area contributed by atoms with Crippen LogP contribution in [0.4, 0.5) is 5.69 Å². The van der Waals surface area contributed by atoms with Crippen LogP contribution >= 0.6 is 0 Å². The minimum absolute atomic E-state index is 0.264. The van der Waals surface area contributed by atoms with E-state index in [0.717, 1.165) is 35.2 Å². The number of rotatable bonds is 5. The molecule has 3 rings (SSSR count). The van der Waals surface area contributed by atoms with Gasteiger partial charge in [0.2, 0.25) is 0 Å². The molecule has 0 aliphatic heterocycles. The molecule has 0 saturated carbocycles. The molecule has 0 aliphatic carbocycles. The van der Waals surface area contributed by atoms with Gasteiger partial charge in [0.05, 0.1) is 11.1 Å². The highest BCUT2D eigenvalue weighted by atomic mass is 16.4. The van der Waals surface area contributed by atoms with E-state index in [2.05, 4.69) is 15.3 Å². The molecule has 23 heavy (non-hydrogen) atoms. The average molecular weight is 307 g/mol. The number of fused-ring (bicyclic) bond motifs is 1. The molecule has 2 aromatic heterocycles. The normalized spacial score (nSPS) is 10.7. The van der Waals surface area contributed by atoms with E-state index in [-0.39, 0.29) is 5.56 Å². The summed E-state index contributed by atoms with van der Waals surface area (Å²) in [6, 6.07) is 10.9. The Labute approximate surface area is 134 Å². The molecule has 5 nitrogen and oxygen atoms in total. The van der Waals surface area contributed by atoms with Crippen molar-refractivity contribution < 1.29 is 9.90 Å². The van der Waals surface area contributed by atoms with E-state index in [1.807, 2.05) is 25.1 Å². The summed E-state index contributed by atoms with van der Waals surface area (Å²) >= 11 is 0. The van der Waals surface area contributed by atoms with E-state index in [0.29, 0.717) is 0 Å². The quantitative estimate of drug-likeness (QED) is 0.756. The molecule has 116 valence electrons. The molecule has 1 aromatic carbocycles. The second-order valence-corrected chi connectivity index (χ2v) is 5.38. The van der Waals surface area contributed by atoms with Gasteiger partial charge in [-0.3, -0.25) is 9.97 Å². The highest BCUT2D eigenvalue weighted by molar-refractivity contribution is 5.98. The molecule has 0 fully saturated rings. The third kappa shape index (κ3) is 3.45. The fourth-order valence-corrected chi connectivity index (χ4v) is 2.53. The lowest BCUT2D eigenvalue weighted by atomic mass is 10.1. The number of carbonyl (C=O) groups is 1. The minimum Gasteiger partial charge on any atom is -0.478 e. The van der Waals surface area contributed by atoms with Crippen LogP contribution in [-0.4, -0.2) is 27.6 Å². The van der Waals surface area contributed by atoms with Crippen molar-refractivity contribution in [3.05, 3.63) is 65.6 Å². The largest absolute Gasteiger partial charge is 0.478 e. The summed E-state index contributed by atoms with van der Waals surface area (Å²) in [5.74, 6) is -0.935. The number of pyridine rings is 2. The van der Waals surface area contributed by atoms with Crippen LogP contribution in [0.25, 0.3) is 10.9 Å². The third-order valence-corrected chi connectivity index (χ3v) is 3.66. The SMILES string of the molecule is Cc1cc(NCCc2ccncc2)c2cc(C(=O)O)ccc2n1. The molecule has 0 amide bonds. The molecule has 0 atom stereocenters. The van der Waals surface area contributed by atoms with Crippen LogP contribution in [0.1, 0.15) is 21.6 Å². The second kappa shape index (κ2) is 6.44. The number of nitrogens with zero attached hydrogens (tertiary/aromatic N) is 2. The Morgan fingerprint density at radius 2 is 1.96 bits per heavy atom. The first-order chi connectivity index (χ1) is 11.1. The number of nitrogens with one attached hydrogen (secondary N) is 1. The van der Waals surface area contributed by atoms with Crippen LogP contribution in [0.5, 0.6) is 0 Å². The summed E-state index contributed by atoms with van der Waals surface area (Å²) < 4.78 is 0. The summed E-state index contributed by atoms with van der Waals surface area (Å²) in [7, 11) is 0. The molecule has 0 bridgehead atoms. The summed E-state index contributed by atoms with van der Waals surface area (Å²) in [5, 5.41) is 13.4. The van der Waals surface area contributed by atoms with Crippen molar-refractivity contribution in [1.82, 2.24) is 9.97 Å². The van der Waals surface area contributed by atoms with E-state index in [4.69, 9.17) is 5.11 Å². The van der Waals surface area contributed by atoms with Crippen LogP contribution in [0.3, 0.4) is 0 Å². The Morgan fingerprint density at radius 3 is 2.70 bits per heavy atom. The fourth-order valence-electron chi connectivity index (χ4n) is 2.53. The lowest BCUT2D eigenvalue weighted by molar-refractivity contribution is 0.0697. The van der Waals surface area contributed by atoms with Crippen molar-refractivity contribution in [1.29, 1.82) is 0 Å². The molecular weight excluding hydrogens is 290 g/mol. The number of carboxylic acids is 1. The molecule has 5 heteroatoms. The Hall–Kier alpha value is -2.95. The third-order valence-electron chi connectivity index (χ3n) is 3.66. The average Bonchev–Trinajstić information content (AvgIpc) is 2.55. The van der Waals surface area contributed by atoms with Crippen molar-refractivity contribution in [3.8, 4) is 0 Å². The van der Waals surface area contributed by atoms with E-state index >= 15 is 0 Å². The first kappa shape index (κ1) is 15.0. The zero-order chi connectivity index (χ0) is 16.2. The summed E-state index contributed by atoms with van der Waals surface area (Å²) in [5.41, 5.74) is 4.06. The molecule has 0 aliphatic rings. The molecule has 2 N–H and O–H groups in total. The van der Waals surface area contributed by atoms with Gasteiger partial charge in [0.15, 0.2) is 0 Å². The van der Waals surface area contributed by atoms with Crippen LogP contribution in [0.2, 0.25) is 0 Å². The number of hydrogen-bond acceptors (Lipinski definition) is 4. The van der Waals surface area contributed by atoms with Crippen LogP contribution in [-0.2, 0) is 6.42 Å². The number of hydrogen-bond donors (Lipinski definition) is 2. The van der Waals surface area contributed by atoms with E-state index < -0.39 is 5.97 Å². The smallest absolute Gasteiger partial charge is 0.335 e. The predicted octanol–water partition coefficient (Wildman–Crippen LogP) is 3.29. The molecule has 3 aromatic rings. The molecule has 0 spiro atoms. The Kier molecular flexibility index (Phi) is 4.19. The number of carboxylic acid groups (broad SMARTS) is 1. The van der Waals surface area contributed by atoms with Gasteiger partial charge >= 0.3 is 5.97 Å². The first-order valence-corrected chi connectivity index (χ1v) is 7.41. The Balaban J connectivity index is 1.86. The van der Waals surface area contributed by atoms with E-state index in [9.17, 15) is 4.79 Å². The number of anilines is 1. The predicted molar refractivity (Wildman–Crippen MR) is 89.9 cm³/mol. The molecule has 0 unspecified atom stereocenters. The lowest BCUT2D eigenvalue weighted by Crippen LogP contribution is -2.06. The van der Waals surface area contributed by atoms with Gasteiger partial charge in [-0.25, -0.2) is 4.79 Å². The standard InChI is InChI=1S/C18H17N3O2/c1-12-10-17(20-9-6-13-4-7-19-8-5-13)15-11-14(18(22)23)2-3-16(15)21-12/h2-5,7-8,10-11H,6,9H2,1H3,(H,20,21)(H,22,23). The van der Waals surface area contributed by atoms with Gasteiger partial charge in [-0.05, 0) is 55.3 Å². The first-order valence-electron chi connectivity index (χ1n) is 7.41.